The Balaban J connectivity index is 1.72. The predicted octanol–water partition coefficient (Wildman–Crippen LogP) is 4.20. The van der Waals surface area contributed by atoms with E-state index in [4.69, 9.17) is 17.0 Å². The number of hydrogen-bond donors (Lipinski definition) is 2. The summed E-state index contributed by atoms with van der Waals surface area (Å²) in [5.74, 6) is 0.557. The maximum atomic E-state index is 13.7. The topological polar surface area (TPSA) is 33.3 Å². The van der Waals surface area contributed by atoms with Gasteiger partial charge in [-0.15, -0.1) is 0 Å². The summed E-state index contributed by atoms with van der Waals surface area (Å²) in [6.07, 6.45) is 3.12. The molecule has 1 aliphatic carbocycles. The molecular formula is C18H19FN2OS. The van der Waals surface area contributed by atoms with E-state index in [0.717, 1.165) is 25.0 Å². The lowest BCUT2D eigenvalue weighted by Gasteiger charge is -2.28. The first-order valence-corrected chi connectivity index (χ1v) is 8.07. The normalized spacial score (nSPS) is 16.3. The van der Waals surface area contributed by atoms with Gasteiger partial charge in [-0.3, -0.25) is 0 Å². The molecule has 23 heavy (non-hydrogen) atoms. The zero-order chi connectivity index (χ0) is 16.2. The molecule has 0 amide bonds. The van der Waals surface area contributed by atoms with Gasteiger partial charge in [0.05, 0.1) is 18.8 Å². The molecule has 2 aromatic rings. The van der Waals surface area contributed by atoms with Gasteiger partial charge in [0.1, 0.15) is 11.6 Å². The molecule has 0 saturated carbocycles. The van der Waals surface area contributed by atoms with Crippen LogP contribution in [0.15, 0.2) is 42.5 Å². The summed E-state index contributed by atoms with van der Waals surface area (Å²) in [6, 6.07) is 12.8. The van der Waals surface area contributed by atoms with Gasteiger partial charge in [-0.25, -0.2) is 4.39 Å². The molecule has 0 heterocycles. The molecule has 2 N–H and O–H groups in total. The number of thiocarbonyl (C=S) groups is 1. The highest BCUT2D eigenvalue weighted by Gasteiger charge is 2.21. The van der Waals surface area contributed by atoms with Crippen LogP contribution in [0.5, 0.6) is 5.75 Å². The first kappa shape index (κ1) is 15.7. The number of nitrogens with one attached hydrogen (secondary N) is 2. The smallest absolute Gasteiger partial charge is 0.171 e. The molecule has 5 heteroatoms. The number of halogens is 1. The molecule has 0 unspecified atom stereocenters. The summed E-state index contributed by atoms with van der Waals surface area (Å²) in [6.45, 7) is 0. The fourth-order valence-corrected chi connectivity index (χ4v) is 3.20. The van der Waals surface area contributed by atoms with Crippen molar-refractivity contribution in [1.29, 1.82) is 0 Å². The maximum absolute atomic E-state index is 13.7. The van der Waals surface area contributed by atoms with E-state index in [-0.39, 0.29) is 11.9 Å². The van der Waals surface area contributed by atoms with Crippen molar-refractivity contribution < 1.29 is 9.13 Å². The number of benzene rings is 2. The summed E-state index contributed by atoms with van der Waals surface area (Å²) < 4.78 is 19.0. The van der Waals surface area contributed by atoms with Gasteiger partial charge in [-0.2, -0.15) is 0 Å². The molecule has 1 atom stereocenters. The van der Waals surface area contributed by atoms with Crippen LogP contribution in [0.4, 0.5) is 10.1 Å². The maximum Gasteiger partial charge on any atom is 0.171 e. The minimum absolute atomic E-state index is 0.136. The van der Waals surface area contributed by atoms with E-state index in [2.05, 4.69) is 22.8 Å². The second kappa shape index (κ2) is 6.96. The highest BCUT2D eigenvalue weighted by molar-refractivity contribution is 7.80. The Morgan fingerprint density at radius 3 is 2.87 bits per heavy atom. The van der Waals surface area contributed by atoms with Crippen LogP contribution in [0.25, 0.3) is 0 Å². The van der Waals surface area contributed by atoms with E-state index in [0.29, 0.717) is 10.8 Å². The average molecular weight is 330 g/mol. The van der Waals surface area contributed by atoms with Crippen molar-refractivity contribution in [3.8, 4) is 5.75 Å². The van der Waals surface area contributed by atoms with Crippen LogP contribution in [-0.4, -0.2) is 12.2 Å². The van der Waals surface area contributed by atoms with Gasteiger partial charge in [0.25, 0.3) is 0 Å². The number of hydrogen-bond acceptors (Lipinski definition) is 2. The zero-order valence-electron chi connectivity index (χ0n) is 12.9. The SMILES string of the molecule is COc1ccc2c(c1)CCC[C@H]2NC(=S)Nc1ccccc1F. The highest BCUT2D eigenvalue weighted by atomic mass is 32.1. The summed E-state index contributed by atoms with van der Waals surface area (Å²) in [7, 11) is 1.67. The number of fused-ring (bicyclic) bond motifs is 1. The zero-order valence-corrected chi connectivity index (χ0v) is 13.8. The molecule has 3 rings (SSSR count). The number of aryl methyl sites for hydroxylation is 1. The van der Waals surface area contributed by atoms with Crippen LogP contribution in [0.1, 0.15) is 30.0 Å². The first-order valence-electron chi connectivity index (χ1n) is 7.66. The molecule has 0 aromatic heterocycles. The van der Waals surface area contributed by atoms with Gasteiger partial charge >= 0.3 is 0 Å². The molecule has 0 aliphatic heterocycles. The monoisotopic (exact) mass is 330 g/mol. The van der Waals surface area contributed by atoms with Crippen LogP contribution in [-0.2, 0) is 6.42 Å². The molecule has 0 saturated heterocycles. The van der Waals surface area contributed by atoms with Crippen LogP contribution in [0.2, 0.25) is 0 Å². The van der Waals surface area contributed by atoms with Crippen molar-refractivity contribution >= 4 is 23.0 Å². The Kier molecular flexibility index (Phi) is 4.76. The lowest BCUT2D eigenvalue weighted by molar-refractivity contribution is 0.412. The molecule has 0 bridgehead atoms. The van der Waals surface area contributed by atoms with E-state index >= 15 is 0 Å². The standard InChI is InChI=1S/C18H19FN2OS/c1-22-13-9-10-14-12(11-13)5-4-8-16(14)20-18(23)21-17-7-3-2-6-15(17)19/h2-3,6-7,9-11,16H,4-5,8H2,1H3,(H2,20,21,23)/t16-/m1/s1. The Hall–Kier alpha value is -2.14. The van der Waals surface area contributed by atoms with E-state index in [9.17, 15) is 4.39 Å². The van der Waals surface area contributed by atoms with Gasteiger partial charge in [-0.05, 0) is 66.9 Å². The molecule has 1 aliphatic rings. The molecule has 0 spiro atoms. The minimum Gasteiger partial charge on any atom is -0.497 e. The molecule has 0 fully saturated rings. The van der Waals surface area contributed by atoms with E-state index in [1.165, 1.54) is 17.2 Å². The Morgan fingerprint density at radius 2 is 2.09 bits per heavy atom. The number of ether oxygens (including phenoxy) is 1. The van der Waals surface area contributed by atoms with Crippen LogP contribution >= 0.6 is 12.2 Å². The third kappa shape index (κ3) is 3.62. The Morgan fingerprint density at radius 1 is 1.26 bits per heavy atom. The number of anilines is 1. The average Bonchev–Trinajstić information content (AvgIpc) is 2.56. The fourth-order valence-electron chi connectivity index (χ4n) is 2.95. The fraction of sp³-hybridized carbons (Fsp3) is 0.278. The second-order valence-electron chi connectivity index (χ2n) is 5.59. The number of methoxy groups -OCH3 is 1. The van der Waals surface area contributed by atoms with Crippen molar-refractivity contribution in [3.63, 3.8) is 0 Å². The molecular weight excluding hydrogens is 311 g/mol. The van der Waals surface area contributed by atoms with E-state index in [1.54, 1.807) is 25.3 Å². The quantitative estimate of drug-likeness (QED) is 0.827. The van der Waals surface area contributed by atoms with Gasteiger partial charge in [0.2, 0.25) is 0 Å². The lowest BCUT2D eigenvalue weighted by atomic mass is 9.87. The highest BCUT2D eigenvalue weighted by Crippen LogP contribution is 2.32. The summed E-state index contributed by atoms with van der Waals surface area (Å²) >= 11 is 5.34. The lowest BCUT2D eigenvalue weighted by Crippen LogP contribution is -2.34. The van der Waals surface area contributed by atoms with Gasteiger partial charge in [0.15, 0.2) is 5.11 Å². The first-order chi connectivity index (χ1) is 11.2. The second-order valence-corrected chi connectivity index (χ2v) is 6.00. The van der Waals surface area contributed by atoms with Crippen molar-refractivity contribution in [2.75, 3.05) is 12.4 Å². The van der Waals surface area contributed by atoms with Crippen molar-refractivity contribution in [3.05, 3.63) is 59.4 Å². The molecule has 0 radical (unpaired) electrons. The Labute approximate surface area is 140 Å². The van der Waals surface area contributed by atoms with E-state index < -0.39 is 0 Å². The third-order valence-electron chi connectivity index (χ3n) is 4.09. The summed E-state index contributed by atoms with van der Waals surface area (Å²) in [4.78, 5) is 0. The van der Waals surface area contributed by atoms with Crippen molar-refractivity contribution in [2.45, 2.75) is 25.3 Å². The largest absolute Gasteiger partial charge is 0.497 e. The van der Waals surface area contributed by atoms with Crippen molar-refractivity contribution in [1.82, 2.24) is 5.32 Å². The summed E-state index contributed by atoms with van der Waals surface area (Å²) in [5, 5.41) is 6.67. The molecule has 3 nitrogen and oxygen atoms in total. The van der Waals surface area contributed by atoms with Crippen LogP contribution in [0.3, 0.4) is 0 Å². The van der Waals surface area contributed by atoms with Crippen molar-refractivity contribution in [2.24, 2.45) is 0 Å². The number of rotatable bonds is 3. The third-order valence-corrected chi connectivity index (χ3v) is 4.31. The van der Waals surface area contributed by atoms with Crippen LogP contribution < -0.4 is 15.4 Å². The molecule has 120 valence electrons. The minimum atomic E-state index is -0.314. The predicted molar refractivity (Wildman–Crippen MR) is 94.4 cm³/mol. The molecule has 2 aromatic carbocycles. The van der Waals surface area contributed by atoms with Gasteiger partial charge in [-0.1, -0.05) is 18.2 Å². The summed E-state index contributed by atoms with van der Waals surface area (Å²) in [5.41, 5.74) is 2.90. The van der Waals surface area contributed by atoms with Gasteiger partial charge < -0.3 is 15.4 Å². The van der Waals surface area contributed by atoms with Gasteiger partial charge in [0, 0.05) is 0 Å². The van der Waals surface area contributed by atoms with E-state index in [1.807, 2.05) is 6.07 Å². The van der Waals surface area contributed by atoms with Crippen LogP contribution in [0, 0.1) is 5.82 Å². The number of para-hydroxylation sites is 1. The Bertz CT molecular complexity index is 720.